The van der Waals surface area contributed by atoms with Gasteiger partial charge in [0, 0.05) is 0 Å². The van der Waals surface area contributed by atoms with E-state index in [0.717, 1.165) is 25.7 Å². The molecule has 0 spiro atoms. The summed E-state index contributed by atoms with van der Waals surface area (Å²) in [7, 11) is 2.25. The van der Waals surface area contributed by atoms with Gasteiger partial charge in [-0.2, -0.15) is 0 Å². The summed E-state index contributed by atoms with van der Waals surface area (Å²) in [5, 5.41) is 0.215. The van der Waals surface area contributed by atoms with Crippen LogP contribution in [0.25, 0.3) is 0 Å². The minimum absolute atomic E-state index is 0.00497. The molecule has 160 valence electrons. The van der Waals surface area contributed by atoms with Gasteiger partial charge in [0.05, 0.1) is 5.92 Å². The van der Waals surface area contributed by atoms with E-state index >= 15 is 0 Å². The molecule has 0 aromatic rings. The molecule has 0 aromatic carbocycles. The number of rotatable bonds is 9. The average molecular weight is 380 g/mol. The normalized spacial score (nSPS) is 17.3. The molecule has 0 saturated heterocycles. The predicted molar refractivity (Wildman–Crippen MR) is 122 cm³/mol. The zero-order valence-electron chi connectivity index (χ0n) is 20.9. The third kappa shape index (κ3) is 13.4. The molecule has 2 nitrogen and oxygen atoms in total. The van der Waals surface area contributed by atoms with Crippen LogP contribution in [0.15, 0.2) is 0 Å². The Morgan fingerprint density at radius 1 is 0.778 bits per heavy atom. The third-order valence-corrected chi connectivity index (χ3v) is 4.93. The topological polar surface area (TPSA) is 26.3 Å². The van der Waals surface area contributed by atoms with E-state index in [-0.39, 0.29) is 22.6 Å². The van der Waals surface area contributed by atoms with Crippen molar-refractivity contribution in [3.05, 3.63) is 0 Å². The van der Waals surface area contributed by atoms with Crippen molar-refractivity contribution in [3.8, 4) is 0 Å². The van der Waals surface area contributed by atoms with E-state index in [1.807, 2.05) is 0 Å². The number of esters is 1. The van der Waals surface area contributed by atoms with Crippen LogP contribution in [-0.4, -0.2) is 19.4 Å². The molecule has 0 bridgehead atoms. The molecule has 0 heterocycles. The summed E-state index contributed by atoms with van der Waals surface area (Å²) in [6.07, 6.45) is 3.95. The lowest BCUT2D eigenvalue weighted by Gasteiger charge is -2.36. The molecule has 0 aromatic heterocycles. The molecule has 0 N–H and O–H groups in total. The fourth-order valence-electron chi connectivity index (χ4n) is 4.63. The average Bonchev–Trinajstić information content (AvgIpc) is 2.27. The van der Waals surface area contributed by atoms with Crippen molar-refractivity contribution in [1.82, 2.24) is 0 Å². The van der Waals surface area contributed by atoms with E-state index in [0.29, 0.717) is 17.3 Å². The van der Waals surface area contributed by atoms with Crippen LogP contribution in [0.2, 0.25) is 5.31 Å². The second kappa shape index (κ2) is 9.36. The SMILES string of the molecule is BC(C)(C)CC(C)C(CC(C)(C)C)C(=O)OC(C)(C)CC(C)CC(C)(C)C. The van der Waals surface area contributed by atoms with Gasteiger partial charge in [-0.15, -0.1) is 0 Å². The van der Waals surface area contributed by atoms with Gasteiger partial charge in [0.25, 0.3) is 0 Å². The van der Waals surface area contributed by atoms with Crippen LogP contribution in [0.3, 0.4) is 0 Å². The van der Waals surface area contributed by atoms with Gasteiger partial charge in [-0.1, -0.05) is 81.0 Å². The van der Waals surface area contributed by atoms with E-state index in [4.69, 9.17) is 4.74 Å². The number of hydrogen-bond acceptors (Lipinski definition) is 2. The summed E-state index contributed by atoms with van der Waals surface area (Å²) in [5.41, 5.74) is -0.00562. The van der Waals surface area contributed by atoms with Crippen molar-refractivity contribution in [2.75, 3.05) is 0 Å². The Kier molecular flexibility index (Phi) is 9.19. The third-order valence-electron chi connectivity index (χ3n) is 4.93. The van der Waals surface area contributed by atoms with Crippen molar-refractivity contribution in [3.63, 3.8) is 0 Å². The van der Waals surface area contributed by atoms with Gasteiger partial charge in [-0.25, -0.2) is 0 Å². The summed E-state index contributed by atoms with van der Waals surface area (Å²) in [5.74, 6) is 0.802. The van der Waals surface area contributed by atoms with Gasteiger partial charge >= 0.3 is 5.97 Å². The minimum Gasteiger partial charge on any atom is -0.459 e. The maximum absolute atomic E-state index is 13.2. The molecule has 0 aliphatic rings. The number of hydrogen-bond donors (Lipinski definition) is 0. The minimum atomic E-state index is -0.417. The molecule has 0 aliphatic heterocycles. The Hall–Kier alpha value is -0.465. The molecule has 0 amide bonds. The Bertz CT molecular complexity index is 460. The molecule has 0 fully saturated rings. The second-order valence-electron chi connectivity index (χ2n) is 13.4. The van der Waals surface area contributed by atoms with Crippen molar-refractivity contribution < 1.29 is 9.53 Å². The Balaban J connectivity index is 5.20. The van der Waals surface area contributed by atoms with Gasteiger partial charge < -0.3 is 4.74 Å². The highest BCUT2D eigenvalue weighted by molar-refractivity contribution is 6.14. The maximum Gasteiger partial charge on any atom is 0.309 e. The van der Waals surface area contributed by atoms with Gasteiger partial charge in [-0.3, -0.25) is 4.79 Å². The lowest BCUT2D eigenvalue weighted by atomic mass is 9.64. The molecule has 3 unspecified atom stereocenters. The first-order valence-corrected chi connectivity index (χ1v) is 10.9. The summed E-state index contributed by atoms with van der Waals surface area (Å²) in [6.45, 7) is 26.6. The zero-order valence-corrected chi connectivity index (χ0v) is 20.9. The van der Waals surface area contributed by atoms with Crippen LogP contribution < -0.4 is 0 Å². The second-order valence-corrected chi connectivity index (χ2v) is 13.4. The Labute approximate surface area is 172 Å². The lowest BCUT2D eigenvalue weighted by Crippen LogP contribution is -2.37. The van der Waals surface area contributed by atoms with Crippen LogP contribution in [0.4, 0.5) is 0 Å². The highest BCUT2D eigenvalue weighted by Gasteiger charge is 2.36. The zero-order chi connectivity index (χ0) is 21.8. The number of carbonyl (C=O) groups excluding carboxylic acids is 1. The van der Waals surface area contributed by atoms with E-state index in [2.05, 4.69) is 90.9 Å². The van der Waals surface area contributed by atoms with Gasteiger partial charge in [-0.05, 0) is 55.8 Å². The molecule has 0 rings (SSSR count). The van der Waals surface area contributed by atoms with E-state index in [1.54, 1.807) is 0 Å². The molecular weight excluding hydrogens is 331 g/mol. The monoisotopic (exact) mass is 380 g/mol. The molecule has 3 heteroatoms. The standard InChI is InChI=1S/C24H49BO2/c1-17(13-21(3,4)5)14-24(11,12)27-20(26)19(16-22(6,7)8)18(2)15-23(9,10)25/h17-19H,13-16,25H2,1-12H3. The van der Waals surface area contributed by atoms with Crippen LogP contribution in [0, 0.1) is 28.6 Å². The van der Waals surface area contributed by atoms with Gasteiger partial charge in [0.15, 0.2) is 0 Å². The maximum atomic E-state index is 13.2. The number of ether oxygens (including phenoxy) is 1. The van der Waals surface area contributed by atoms with E-state index in [9.17, 15) is 4.79 Å². The van der Waals surface area contributed by atoms with Crippen LogP contribution in [0.1, 0.15) is 109 Å². The summed E-state index contributed by atoms with van der Waals surface area (Å²) in [4.78, 5) is 13.2. The molecule has 0 saturated carbocycles. The van der Waals surface area contributed by atoms with Gasteiger partial charge in [0.1, 0.15) is 13.4 Å². The predicted octanol–water partition coefficient (Wildman–Crippen LogP) is 6.68. The summed E-state index contributed by atoms with van der Waals surface area (Å²) < 4.78 is 6.13. The molecule has 0 radical (unpaired) electrons. The number of carbonyl (C=O) groups is 1. The lowest BCUT2D eigenvalue weighted by molar-refractivity contribution is -0.166. The van der Waals surface area contributed by atoms with Crippen LogP contribution >= 0.6 is 0 Å². The first kappa shape index (κ1) is 26.5. The summed E-state index contributed by atoms with van der Waals surface area (Å²) >= 11 is 0. The molecule has 0 aliphatic carbocycles. The fraction of sp³-hybridized carbons (Fsp3) is 0.958. The highest BCUT2D eigenvalue weighted by atomic mass is 16.6. The molecular formula is C24H49BO2. The molecule has 27 heavy (non-hydrogen) atoms. The highest BCUT2D eigenvalue weighted by Crippen LogP contribution is 2.39. The van der Waals surface area contributed by atoms with Gasteiger partial charge in [0.2, 0.25) is 0 Å². The van der Waals surface area contributed by atoms with Crippen molar-refractivity contribution in [2.24, 2.45) is 28.6 Å². The van der Waals surface area contributed by atoms with Crippen LogP contribution in [0.5, 0.6) is 0 Å². The fourth-order valence-corrected chi connectivity index (χ4v) is 4.63. The first-order chi connectivity index (χ1) is 11.7. The van der Waals surface area contributed by atoms with Crippen molar-refractivity contribution in [2.45, 2.75) is 120 Å². The smallest absolute Gasteiger partial charge is 0.309 e. The van der Waals surface area contributed by atoms with E-state index < -0.39 is 5.60 Å². The Morgan fingerprint density at radius 2 is 1.22 bits per heavy atom. The largest absolute Gasteiger partial charge is 0.459 e. The van der Waals surface area contributed by atoms with Crippen LogP contribution in [-0.2, 0) is 9.53 Å². The quantitative estimate of drug-likeness (QED) is 0.329. The summed E-state index contributed by atoms with van der Waals surface area (Å²) in [6, 6.07) is 0. The molecule has 3 atom stereocenters. The van der Waals surface area contributed by atoms with Crippen molar-refractivity contribution in [1.29, 1.82) is 0 Å². The Morgan fingerprint density at radius 3 is 1.59 bits per heavy atom. The first-order valence-electron chi connectivity index (χ1n) is 10.9. The van der Waals surface area contributed by atoms with E-state index in [1.165, 1.54) is 0 Å². The van der Waals surface area contributed by atoms with Crippen molar-refractivity contribution >= 4 is 13.8 Å².